The second-order valence-electron chi connectivity index (χ2n) is 10.1. The summed E-state index contributed by atoms with van der Waals surface area (Å²) in [5.41, 5.74) is 8.95. The van der Waals surface area contributed by atoms with Gasteiger partial charge in [-0.25, -0.2) is 4.98 Å². The topological polar surface area (TPSA) is 42.8 Å². The van der Waals surface area contributed by atoms with Crippen molar-refractivity contribution in [3.05, 3.63) is 138 Å². The highest BCUT2D eigenvalue weighted by Crippen LogP contribution is 2.42. The minimum Gasteiger partial charge on any atom is -0.489 e. The molecule has 0 spiro atoms. The largest absolute Gasteiger partial charge is 0.489 e. The maximum absolute atomic E-state index is 6.24. The number of hydrogen-bond donors (Lipinski definition) is 1. The van der Waals surface area contributed by atoms with Gasteiger partial charge in [-0.2, -0.15) is 0 Å². The molecule has 2 aromatic heterocycles. The van der Waals surface area contributed by atoms with E-state index in [1.807, 2.05) is 24.3 Å². The molecular formula is C35H25N3O. The summed E-state index contributed by atoms with van der Waals surface area (Å²) in [6.07, 6.45) is 2.33. The van der Waals surface area contributed by atoms with Gasteiger partial charge in [-0.15, -0.1) is 0 Å². The van der Waals surface area contributed by atoms with E-state index >= 15 is 0 Å². The van der Waals surface area contributed by atoms with Crippen molar-refractivity contribution < 1.29 is 4.74 Å². The van der Waals surface area contributed by atoms with Crippen LogP contribution in [0, 0.1) is 0 Å². The van der Waals surface area contributed by atoms with Crippen LogP contribution < -0.4 is 4.74 Å². The summed E-state index contributed by atoms with van der Waals surface area (Å²) in [6, 6.07) is 40.2. The van der Waals surface area contributed by atoms with Gasteiger partial charge in [-0.3, -0.25) is 0 Å². The maximum Gasteiger partial charge on any atom is 0.144 e. The first kappa shape index (κ1) is 21.9. The number of aromatic amines is 1. The van der Waals surface area contributed by atoms with Crippen molar-refractivity contribution in [2.45, 2.75) is 13.2 Å². The van der Waals surface area contributed by atoms with E-state index in [-0.39, 0.29) is 0 Å². The molecule has 0 saturated heterocycles. The number of allylic oxidation sites excluding steroid dienone is 1. The molecule has 7 aromatic rings. The fourth-order valence-electron chi connectivity index (χ4n) is 5.79. The summed E-state index contributed by atoms with van der Waals surface area (Å²) < 4.78 is 8.57. The van der Waals surface area contributed by atoms with Gasteiger partial charge in [0.05, 0.1) is 22.3 Å². The third-order valence-electron chi connectivity index (χ3n) is 7.70. The zero-order valence-corrected chi connectivity index (χ0v) is 21.3. The molecular weight excluding hydrogens is 478 g/mol. The van der Waals surface area contributed by atoms with Gasteiger partial charge >= 0.3 is 0 Å². The monoisotopic (exact) mass is 503 g/mol. The molecule has 0 atom stereocenters. The standard InChI is InChI=1S/C35H25N3O/c1-2-8-23(9-3-1)22-39-27-16-17-30-29(21-27)33-34(36-30)28(26-15-14-24-10-4-5-11-25(24)20-26)18-19-38-32-13-7-6-12-31(32)37-35(33)38/h1-18,20-21,36H,19,22H2. The van der Waals surface area contributed by atoms with Crippen molar-refractivity contribution in [3.63, 3.8) is 0 Å². The number of benzene rings is 5. The Balaban J connectivity index is 1.33. The van der Waals surface area contributed by atoms with E-state index in [9.17, 15) is 0 Å². The molecule has 0 amide bonds. The summed E-state index contributed by atoms with van der Waals surface area (Å²) >= 11 is 0. The first-order valence-corrected chi connectivity index (χ1v) is 13.3. The van der Waals surface area contributed by atoms with Crippen LogP contribution in [0.5, 0.6) is 5.75 Å². The normalized spacial score (nSPS) is 12.8. The molecule has 0 radical (unpaired) electrons. The lowest BCUT2D eigenvalue weighted by Gasteiger charge is -2.09. The number of ether oxygens (including phenoxy) is 1. The summed E-state index contributed by atoms with van der Waals surface area (Å²) in [6.45, 7) is 1.27. The number of nitrogens with zero attached hydrogens (tertiary/aromatic N) is 2. The minimum atomic E-state index is 0.527. The lowest BCUT2D eigenvalue weighted by atomic mass is 9.96. The fourth-order valence-corrected chi connectivity index (χ4v) is 5.79. The van der Waals surface area contributed by atoms with Crippen LogP contribution in [0.3, 0.4) is 0 Å². The Kier molecular flexibility index (Phi) is 4.92. The van der Waals surface area contributed by atoms with Gasteiger partial charge in [0.2, 0.25) is 0 Å². The Morgan fingerprint density at radius 3 is 2.51 bits per heavy atom. The first-order valence-electron chi connectivity index (χ1n) is 13.3. The highest BCUT2D eigenvalue weighted by atomic mass is 16.5. The summed E-state index contributed by atoms with van der Waals surface area (Å²) in [4.78, 5) is 8.91. The van der Waals surface area contributed by atoms with Gasteiger partial charge in [0.1, 0.15) is 18.2 Å². The molecule has 1 aliphatic rings. The number of imidazole rings is 1. The lowest BCUT2D eigenvalue weighted by Crippen LogP contribution is -1.97. The van der Waals surface area contributed by atoms with E-state index in [4.69, 9.17) is 9.72 Å². The fraction of sp³-hybridized carbons (Fsp3) is 0.0571. The van der Waals surface area contributed by atoms with Crippen molar-refractivity contribution >= 4 is 38.3 Å². The molecule has 0 bridgehead atoms. The molecule has 39 heavy (non-hydrogen) atoms. The highest BCUT2D eigenvalue weighted by Gasteiger charge is 2.26. The molecule has 0 unspecified atom stereocenters. The Bertz CT molecular complexity index is 2050. The molecule has 0 fully saturated rings. The van der Waals surface area contributed by atoms with E-state index in [0.717, 1.165) is 56.9 Å². The number of nitrogens with one attached hydrogen (secondary N) is 1. The lowest BCUT2D eigenvalue weighted by molar-refractivity contribution is 0.306. The summed E-state index contributed by atoms with van der Waals surface area (Å²) in [5.74, 6) is 1.82. The van der Waals surface area contributed by atoms with E-state index in [2.05, 4.69) is 107 Å². The van der Waals surface area contributed by atoms with Crippen LogP contribution in [-0.4, -0.2) is 14.5 Å². The summed E-state index contributed by atoms with van der Waals surface area (Å²) in [5, 5.41) is 3.59. The predicted octanol–water partition coefficient (Wildman–Crippen LogP) is 8.36. The highest BCUT2D eigenvalue weighted by molar-refractivity contribution is 6.05. The molecule has 4 nitrogen and oxygen atoms in total. The molecule has 186 valence electrons. The number of para-hydroxylation sites is 2. The van der Waals surface area contributed by atoms with Crippen LogP contribution in [0.1, 0.15) is 16.8 Å². The van der Waals surface area contributed by atoms with Crippen LogP contribution in [0.15, 0.2) is 121 Å². The zero-order chi connectivity index (χ0) is 25.8. The number of aromatic nitrogens is 3. The molecule has 1 N–H and O–H groups in total. The smallest absolute Gasteiger partial charge is 0.144 e. The average Bonchev–Trinajstić information content (AvgIpc) is 3.50. The van der Waals surface area contributed by atoms with Gasteiger partial charge in [-0.05, 0) is 58.3 Å². The van der Waals surface area contributed by atoms with Crippen molar-refractivity contribution in [3.8, 4) is 17.1 Å². The number of rotatable bonds is 4. The van der Waals surface area contributed by atoms with Crippen LogP contribution in [-0.2, 0) is 13.2 Å². The summed E-state index contributed by atoms with van der Waals surface area (Å²) in [7, 11) is 0. The molecule has 0 aliphatic carbocycles. The van der Waals surface area contributed by atoms with E-state index in [0.29, 0.717) is 6.61 Å². The van der Waals surface area contributed by atoms with E-state index in [1.54, 1.807) is 0 Å². The molecule has 8 rings (SSSR count). The van der Waals surface area contributed by atoms with Crippen LogP contribution in [0.25, 0.3) is 49.7 Å². The Morgan fingerprint density at radius 2 is 1.59 bits per heavy atom. The Labute approximate surface area is 225 Å². The van der Waals surface area contributed by atoms with Crippen LogP contribution in [0.4, 0.5) is 0 Å². The van der Waals surface area contributed by atoms with E-state index < -0.39 is 0 Å². The van der Waals surface area contributed by atoms with Crippen molar-refractivity contribution in [2.75, 3.05) is 0 Å². The second kappa shape index (κ2) is 8.74. The Hall–Kier alpha value is -5.09. The van der Waals surface area contributed by atoms with Crippen molar-refractivity contribution in [1.29, 1.82) is 0 Å². The average molecular weight is 504 g/mol. The number of fused-ring (bicyclic) bond motifs is 8. The van der Waals surface area contributed by atoms with Crippen molar-refractivity contribution in [1.82, 2.24) is 14.5 Å². The Morgan fingerprint density at radius 1 is 0.769 bits per heavy atom. The predicted molar refractivity (Wildman–Crippen MR) is 159 cm³/mol. The zero-order valence-electron chi connectivity index (χ0n) is 21.3. The van der Waals surface area contributed by atoms with Crippen LogP contribution >= 0.6 is 0 Å². The quantitative estimate of drug-likeness (QED) is 0.262. The maximum atomic E-state index is 6.24. The molecule has 5 aromatic carbocycles. The second-order valence-corrected chi connectivity index (χ2v) is 10.1. The molecule has 4 heteroatoms. The third-order valence-corrected chi connectivity index (χ3v) is 7.70. The number of H-pyrrole nitrogens is 1. The number of hydrogen-bond acceptors (Lipinski definition) is 2. The molecule has 1 aliphatic heterocycles. The third kappa shape index (κ3) is 3.64. The van der Waals surface area contributed by atoms with Gasteiger partial charge in [0, 0.05) is 23.0 Å². The first-order chi connectivity index (χ1) is 19.3. The van der Waals surface area contributed by atoms with Gasteiger partial charge in [0.25, 0.3) is 0 Å². The van der Waals surface area contributed by atoms with Crippen molar-refractivity contribution in [2.24, 2.45) is 0 Å². The molecule has 0 saturated carbocycles. The van der Waals surface area contributed by atoms with Gasteiger partial charge in [0.15, 0.2) is 0 Å². The molecule has 3 heterocycles. The van der Waals surface area contributed by atoms with Gasteiger partial charge < -0.3 is 14.3 Å². The SMILES string of the molecule is C1=C(c2ccc3ccccc3c2)c2[nH]c3ccc(OCc4ccccc4)cc3c2-c2nc3ccccc3n2C1. The van der Waals surface area contributed by atoms with E-state index in [1.165, 1.54) is 21.9 Å². The minimum absolute atomic E-state index is 0.527. The van der Waals surface area contributed by atoms with Crippen LogP contribution in [0.2, 0.25) is 0 Å². The van der Waals surface area contributed by atoms with Gasteiger partial charge in [-0.1, -0.05) is 84.9 Å².